The molecular formula is C13H17NOS. The zero-order valence-corrected chi connectivity index (χ0v) is 10.8. The number of hydrogen-bond donors (Lipinski definition) is 1. The van der Waals surface area contributed by atoms with Crippen LogP contribution in [0.1, 0.15) is 12.5 Å². The first-order valence-corrected chi connectivity index (χ1v) is 6.35. The lowest BCUT2D eigenvalue weighted by Gasteiger charge is -2.08. The van der Waals surface area contributed by atoms with Crippen LogP contribution in [0.5, 0.6) is 5.75 Å². The molecule has 16 heavy (non-hydrogen) atoms. The molecule has 0 aliphatic rings. The van der Waals surface area contributed by atoms with E-state index in [9.17, 15) is 0 Å². The maximum atomic E-state index is 5.33. The summed E-state index contributed by atoms with van der Waals surface area (Å²) >= 11 is 1.69. The largest absolute Gasteiger partial charge is 0.496 e. The van der Waals surface area contributed by atoms with Crippen molar-refractivity contribution in [2.45, 2.75) is 18.4 Å². The van der Waals surface area contributed by atoms with Crippen LogP contribution < -0.4 is 10.1 Å². The van der Waals surface area contributed by atoms with E-state index >= 15 is 0 Å². The first kappa shape index (κ1) is 13.0. The van der Waals surface area contributed by atoms with Gasteiger partial charge in [0.2, 0.25) is 0 Å². The van der Waals surface area contributed by atoms with E-state index < -0.39 is 0 Å². The van der Waals surface area contributed by atoms with Crippen LogP contribution in [-0.4, -0.2) is 19.9 Å². The molecule has 0 atom stereocenters. The Bertz CT molecular complexity index is 393. The predicted octanol–water partition coefficient (Wildman–Crippen LogP) is 2.53. The average Bonchev–Trinajstić information content (AvgIpc) is 2.34. The van der Waals surface area contributed by atoms with Crippen LogP contribution in [-0.2, 0) is 6.54 Å². The summed E-state index contributed by atoms with van der Waals surface area (Å²) in [4.78, 5) is 1.17. The maximum absolute atomic E-state index is 5.33. The summed E-state index contributed by atoms with van der Waals surface area (Å²) in [5, 5.41) is 3.26. The molecule has 0 saturated carbocycles. The number of rotatable bonds is 5. The minimum absolute atomic E-state index is 0.725. The standard InChI is InChI=1S/C13H17NOS/c1-4-5-8-14-10-11-6-7-13(16-3)12(9-11)15-2/h6-7,9,14H,8,10H2,1-3H3. The van der Waals surface area contributed by atoms with Crippen LogP contribution in [0.25, 0.3) is 0 Å². The van der Waals surface area contributed by atoms with Gasteiger partial charge in [-0.05, 0) is 30.9 Å². The van der Waals surface area contributed by atoms with Crippen LogP contribution in [0.4, 0.5) is 0 Å². The normalized spacial score (nSPS) is 9.44. The molecule has 0 bridgehead atoms. The van der Waals surface area contributed by atoms with Gasteiger partial charge in [0.05, 0.1) is 13.7 Å². The highest BCUT2D eigenvalue weighted by Crippen LogP contribution is 2.28. The van der Waals surface area contributed by atoms with Gasteiger partial charge in [-0.1, -0.05) is 12.0 Å². The van der Waals surface area contributed by atoms with Crippen molar-refractivity contribution in [1.29, 1.82) is 0 Å². The molecule has 0 aliphatic carbocycles. The number of nitrogens with one attached hydrogen (secondary N) is 1. The highest BCUT2D eigenvalue weighted by molar-refractivity contribution is 7.98. The summed E-state index contributed by atoms with van der Waals surface area (Å²) in [6.07, 6.45) is 2.05. The highest BCUT2D eigenvalue weighted by atomic mass is 32.2. The molecule has 0 radical (unpaired) electrons. The molecule has 0 heterocycles. The molecule has 3 heteroatoms. The molecule has 1 aromatic carbocycles. The molecular weight excluding hydrogens is 218 g/mol. The van der Waals surface area contributed by atoms with Crippen molar-refractivity contribution in [2.24, 2.45) is 0 Å². The zero-order valence-electron chi connectivity index (χ0n) is 9.96. The van der Waals surface area contributed by atoms with Crippen molar-refractivity contribution in [3.05, 3.63) is 23.8 Å². The van der Waals surface area contributed by atoms with Crippen molar-refractivity contribution < 1.29 is 4.74 Å². The quantitative estimate of drug-likeness (QED) is 0.481. The molecule has 0 unspecified atom stereocenters. The van der Waals surface area contributed by atoms with E-state index in [-0.39, 0.29) is 0 Å². The van der Waals surface area contributed by atoms with Crippen LogP contribution in [0.15, 0.2) is 23.1 Å². The fourth-order valence-electron chi connectivity index (χ4n) is 1.35. The summed E-state index contributed by atoms with van der Waals surface area (Å²) in [7, 11) is 1.70. The summed E-state index contributed by atoms with van der Waals surface area (Å²) in [5.74, 6) is 6.77. The van der Waals surface area contributed by atoms with Crippen LogP contribution in [0.2, 0.25) is 0 Å². The number of methoxy groups -OCH3 is 1. The van der Waals surface area contributed by atoms with E-state index in [1.165, 1.54) is 10.5 Å². The van der Waals surface area contributed by atoms with Gasteiger partial charge in [0.15, 0.2) is 0 Å². The molecule has 2 nitrogen and oxygen atoms in total. The molecule has 1 aromatic rings. The summed E-state index contributed by atoms with van der Waals surface area (Å²) in [5.41, 5.74) is 1.22. The molecule has 0 spiro atoms. The van der Waals surface area contributed by atoms with Gasteiger partial charge in [0, 0.05) is 11.4 Å². The molecule has 0 aromatic heterocycles. The fourth-order valence-corrected chi connectivity index (χ4v) is 1.90. The minimum atomic E-state index is 0.725. The van der Waals surface area contributed by atoms with Gasteiger partial charge in [0.25, 0.3) is 0 Å². The lowest BCUT2D eigenvalue weighted by molar-refractivity contribution is 0.404. The minimum Gasteiger partial charge on any atom is -0.496 e. The Balaban J connectivity index is 2.63. The fraction of sp³-hybridized carbons (Fsp3) is 0.385. The van der Waals surface area contributed by atoms with Crippen molar-refractivity contribution in [3.8, 4) is 17.6 Å². The molecule has 86 valence electrons. The van der Waals surface area contributed by atoms with Crippen molar-refractivity contribution >= 4 is 11.8 Å². The van der Waals surface area contributed by atoms with Gasteiger partial charge in [-0.25, -0.2) is 0 Å². The van der Waals surface area contributed by atoms with Crippen molar-refractivity contribution in [1.82, 2.24) is 5.32 Å². The second kappa shape index (κ2) is 7.21. The molecule has 0 amide bonds. The Morgan fingerprint density at radius 1 is 1.44 bits per heavy atom. The van der Waals surface area contributed by atoms with Gasteiger partial charge < -0.3 is 10.1 Å². The first-order valence-electron chi connectivity index (χ1n) is 5.13. The SMILES string of the molecule is CC#CCNCc1ccc(SC)c(OC)c1. The Kier molecular flexibility index (Phi) is 5.84. The van der Waals surface area contributed by atoms with E-state index in [1.807, 2.05) is 13.2 Å². The third kappa shape index (κ3) is 3.80. The van der Waals surface area contributed by atoms with Gasteiger partial charge in [-0.15, -0.1) is 17.7 Å². The maximum Gasteiger partial charge on any atom is 0.132 e. The predicted molar refractivity (Wildman–Crippen MR) is 69.9 cm³/mol. The van der Waals surface area contributed by atoms with Gasteiger partial charge >= 0.3 is 0 Å². The van der Waals surface area contributed by atoms with Gasteiger partial charge in [-0.3, -0.25) is 0 Å². The average molecular weight is 235 g/mol. The van der Waals surface area contributed by atoms with Gasteiger partial charge in [-0.2, -0.15) is 0 Å². The molecule has 1 N–H and O–H groups in total. The van der Waals surface area contributed by atoms with E-state index in [2.05, 4.69) is 35.4 Å². The number of ether oxygens (including phenoxy) is 1. The second-order valence-corrected chi connectivity index (χ2v) is 4.07. The van der Waals surface area contributed by atoms with Crippen LogP contribution in [0, 0.1) is 11.8 Å². The molecule has 1 rings (SSSR count). The topological polar surface area (TPSA) is 21.3 Å². The van der Waals surface area contributed by atoms with Crippen LogP contribution >= 0.6 is 11.8 Å². The van der Waals surface area contributed by atoms with Crippen LogP contribution in [0.3, 0.4) is 0 Å². The van der Waals surface area contributed by atoms with E-state index in [4.69, 9.17) is 4.74 Å². The van der Waals surface area contributed by atoms with Gasteiger partial charge in [0.1, 0.15) is 5.75 Å². The third-order valence-electron chi connectivity index (χ3n) is 2.17. The highest BCUT2D eigenvalue weighted by Gasteiger charge is 2.02. The molecule has 0 fully saturated rings. The second-order valence-electron chi connectivity index (χ2n) is 3.22. The lowest BCUT2D eigenvalue weighted by Crippen LogP contribution is -2.13. The first-order chi connectivity index (χ1) is 7.81. The number of thioether (sulfide) groups is 1. The Labute approximate surface area is 102 Å². The Morgan fingerprint density at radius 3 is 2.88 bits per heavy atom. The number of benzene rings is 1. The Morgan fingerprint density at radius 2 is 2.25 bits per heavy atom. The van der Waals surface area contributed by atoms with Crippen molar-refractivity contribution in [2.75, 3.05) is 19.9 Å². The Hall–Kier alpha value is -1.11. The third-order valence-corrected chi connectivity index (χ3v) is 2.94. The molecule has 0 saturated heterocycles. The smallest absolute Gasteiger partial charge is 0.132 e. The summed E-state index contributed by atoms with van der Waals surface area (Å²) in [6, 6.07) is 6.27. The lowest BCUT2D eigenvalue weighted by atomic mass is 10.2. The molecule has 0 aliphatic heterocycles. The van der Waals surface area contributed by atoms with E-state index in [0.717, 1.165) is 18.8 Å². The van der Waals surface area contributed by atoms with E-state index in [0.29, 0.717) is 0 Å². The number of hydrogen-bond acceptors (Lipinski definition) is 3. The van der Waals surface area contributed by atoms with E-state index in [1.54, 1.807) is 18.9 Å². The zero-order chi connectivity index (χ0) is 11.8. The summed E-state index contributed by atoms with van der Waals surface area (Å²) in [6.45, 7) is 3.39. The summed E-state index contributed by atoms with van der Waals surface area (Å²) < 4.78 is 5.33. The monoisotopic (exact) mass is 235 g/mol. The van der Waals surface area contributed by atoms with Crippen molar-refractivity contribution in [3.63, 3.8) is 0 Å².